The van der Waals surface area contributed by atoms with Crippen LogP contribution >= 0.6 is 0 Å². The average molecular weight is 361 g/mol. The third-order valence-corrected chi connectivity index (χ3v) is 4.45. The maximum Gasteiger partial charge on any atom is 0.257 e. The van der Waals surface area contributed by atoms with Crippen molar-refractivity contribution in [1.29, 1.82) is 0 Å². The molecule has 1 amide bonds. The Morgan fingerprint density at radius 3 is 2.81 bits per heavy atom. The van der Waals surface area contributed by atoms with Gasteiger partial charge in [-0.1, -0.05) is 6.07 Å². The van der Waals surface area contributed by atoms with Crippen molar-refractivity contribution < 1.29 is 18.3 Å². The maximum atomic E-state index is 14.1. The molecular weight excluding hydrogens is 340 g/mol. The molecule has 3 rings (SSSR count). The highest BCUT2D eigenvalue weighted by Gasteiger charge is 2.25. The van der Waals surface area contributed by atoms with E-state index >= 15 is 0 Å². The summed E-state index contributed by atoms with van der Waals surface area (Å²) in [6, 6.07) is 5.74. The van der Waals surface area contributed by atoms with E-state index in [0.29, 0.717) is 6.54 Å². The number of ether oxygens (including phenoxy) is 1. The monoisotopic (exact) mass is 361 g/mol. The molecule has 0 saturated carbocycles. The summed E-state index contributed by atoms with van der Waals surface area (Å²) in [6.07, 6.45) is 5.21. The van der Waals surface area contributed by atoms with Gasteiger partial charge in [-0.25, -0.2) is 8.78 Å². The molecular formula is C19H21F2N3O2. The molecule has 0 spiro atoms. The molecule has 1 saturated heterocycles. The lowest BCUT2D eigenvalue weighted by Gasteiger charge is -2.33. The van der Waals surface area contributed by atoms with Crippen LogP contribution in [0.1, 0.15) is 28.8 Å². The van der Waals surface area contributed by atoms with Gasteiger partial charge in [-0.05, 0) is 31.0 Å². The third kappa shape index (κ3) is 4.35. The minimum Gasteiger partial charge on any atom is -0.497 e. The summed E-state index contributed by atoms with van der Waals surface area (Å²) in [5, 5.41) is 2.75. The van der Waals surface area contributed by atoms with Crippen molar-refractivity contribution in [3.8, 4) is 5.75 Å². The third-order valence-electron chi connectivity index (χ3n) is 4.45. The zero-order valence-electron chi connectivity index (χ0n) is 14.5. The second-order valence-corrected chi connectivity index (χ2v) is 6.38. The number of pyridine rings is 1. The number of carbonyl (C=O) groups excluding carboxylic acids is 1. The fourth-order valence-electron chi connectivity index (χ4n) is 3.21. The number of methoxy groups -OCH3 is 1. The van der Waals surface area contributed by atoms with Crippen molar-refractivity contribution in [2.75, 3.05) is 20.2 Å². The van der Waals surface area contributed by atoms with Gasteiger partial charge in [0.05, 0.1) is 7.11 Å². The van der Waals surface area contributed by atoms with E-state index in [4.69, 9.17) is 4.74 Å². The highest BCUT2D eigenvalue weighted by Crippen LogP contribution is 2.21. The lowest BCUT2D eigenvalue weighted by atomic mass is 10.0. The van der Waals surface area contributed by atoms with Gasteiger partial charge in [0.2, 0.25) is 0 Å². The molecule has 2 aromatic rings. The lowest BCUT2D eigenvalue weighted by molar-refractivity contribution is 0.0892. The zero-order chi connectivity index (χ0) is 18.5. The maximum absolute atomic E-state index is 14.1. The van der Waals surface area contributed by atoms with Crippen LogP contribution in [0.4, 0.5) is 8.78 Å². The van der Waals surface area contributed by atoms with Crippen molar-refractivity contribution in [3.63, 3.8) is 0 Å². The molecule has 1 aromatic heterocycles. The molecule has 1 aromatic carbocycles. The first kappa shape index (κ1) is 18.3. The van der Waals surface area contributed by atoms with E-state index in [1.165, 1.54) is 7.11 Å². The molecule has 138 valence electrons. The van der Waals surface area contributed by atoms with Crippen molar-refractivity contribution in [2.45, 2.75) is 25.4 Å². The van der Waals surface area contributed by atoms with E-state index in [9.17, 15) is 13.6 Å². The minimum atomic E-state index is -0.928. The predicted octanol–water partition coefficient (Wildman–Crippen LogP) is 2.76. The Morgan fingerprint density at radius 1 is 1.38 bits per heavy atom. The number of aromatic nitrogens is 1. The molecule has 1 aliphatic heterocycles. The second kappa shape index (κ2) is 8.23. The van der Waals surface area contributed by atoms with E-state index in [2.05, 4.69) is 15.2 Å². The molecule has 0 bridgehead atoms. The van der Waals surface area contributed by atoms with Crippen LogP contribution in [0, 0.1) is 11.6 Å². The number of nitrogens with zero attached hydrogens (tertiary/aromatic N) is 2. The topological polar surface area (TPSA) is 54.5 Å². The molecule has 0 unspecified atom stereocenters. The summed E-state index contributed by atoms with van der Waals surface area (Å²) in [6.45, 7) is 2.26. The lowest BCUT2D eigenvalue weighted by Crippen LogP contribution is -2.47. The molecule has 1 atom stereocenters. The summed E-state index contributed by atoms with van der Waals surface area (Å²) in [7, 11) is 1.31. The van der Waals surface area contributed by atoms with E-state index in [1.54, 1.807) is 6.20 Å². The van der Waals surface area contributed by atoms with Gasteiger partial charge in [-0.15, -0.1) is 0 Å². The van der Waals surface area contributed by atoms with Gasteiger partial charge in [-0.3, -0.25) is 14.7 Å². The van der Waals surface area contributed by atoms with Crippen molar-refractivity contribution in [2.24, 2.45) is 0 Å². The largest absolute Gasteiger partial charge is 0.497 e. The summed E-state index contributed by atoms with van der Waals surface area (Å²) in [4.78, 5) is 18.7. The summed E-state index contributed by atoms with van der Waals surface area (Å²) in [5.41, 5.74) is 0.516. The van der Waals surface area contributed by atoms with E-state index in [0.717, 1.165) is 43.6 Å². The van der Waals surface area contributed by atoms with Crippen LogP contribution in [0.15, 0.2) is 36.7 Å². The minimum absolute atomic E-state index is 0.0388. The van der Waals surface area contributed by atoms with Crippen LogP contribution in [0.5, 0.6) is 5.75 Å². The first-order chi connectivity index (χ1) is 12.6. The average Bonchev–Trinajstić information content (AvgIpc) is 2.62. The molecule has 26 heavy (non-hydrogen) atoms. The van der Waals surface area contributed by atoms with Gasteiger partial charge in [0.1, 0.15) is 22.9 Å². The van der Waals surface area contributed by atoms with Crippen LogP contribution in [-0.4, -0.2) is 42.0 Å². The van der Waals surface area contributed by atoms with Gasteiger partial charge < -0.3 is 10.1 Å². The fourth-order valence-corrected chi connectivity index (χ4v) is 3.21. The standard InChI is InChI=1S/C19H21F2N3O2/c1-26-15-8-16(20)18(17(21)9-15)19(25)23-14-5-3-7-24(12-14)11-13-4-2-6-22-10-13/h2,4,6,8-10,14H,3,5,7,11-12H2,1H3,(H,23,25)/t14-/m0/s1. The van der Waals surface area contributed by atoms with Crippen LogP contribution in [0.3, 0.4) is 0 Å². The molecule has 1 aliphatic rings. The van der Waals surface area contributed by atoms with Crippen molar-refractivity contribution in [1.82, 2.24) is 15.2 Å². The quantitative estimate of drug-likeness (QED) is 0.890. The van der Waals surface area contributed by atoms with Gasteiger partial charge in [0.15, 0.2) is 0 Å². The number of hydrogen-bond acceptors (Lipinski definition) is 4. The first-order valence-electron chi connectivity index (χ1n) is 8.52. The molecule has 5 nitrogen and oxygen atoms in total. The number of halogens is 2. The van der Waals surface area contributed by atoms with E-state index in [1.807, 2.05) is 18.3 Å². The van der Waals surface area contributed by atoms with Crippen LogP contribution in [0.25, 0.3) is 0 Å². The number of hydrogen-bond donors (Lipinski definition) is 1. The number of piperidine rings is 1. The summed E-state index contributed by atoms with van der Waals surface area (Å²) >= 11 is 0. The fraction of sp³-hybridized carbons (Fsp3) is 0.368. The van der Waals surface area contributed by atoms with Gasteiger partial charge in [0, 0.05) is 43.7 Å². The molecule has 7 heteroatoms. The molecule has 0 aliphatic carbocycles. The smallest absolute Gasteiger partial charge is 0.257 e. The van der Waals surface area contributed by atoms with Gasteiger partial charge >= 0.3 is 0 Å². The Morgan fingerprint density at radius 2 is 2.15 bits per heavy atom. The number of benzene rings is 1. The van der Waals surface area contributed by atoms with E-state index in [-0.39, 0.29) is 11.8 Å². The Bertz CT molecular complexity index is 748. The van der Waals surface area contributed by atoms with Crippen molar-refractivity contribution in [3.05, 3.63) is 59.4 Å². The molecule has 1 fully saturated rings. The number of likely N-dealkylation sites (tertiary alicyclic amines) is 1. The molecule has 0 radical (unpaired) electrons. The number of rotatable bonds is 5. The highest BCUT2D eigenvalue weighted by molar-refractivity contribution is 5.95. The first-order valence-corrected chi connectivity index (χ1v) is 8.52. The SMILES string of the molecule is COc1cc(F)c(C(=O)N[C@H]2CCCN(Cc3cccnc3)C2)c(F)c1. The Kier molecular flexibility index (Phi) is 5.78. The highest BCUT2D eigenvalue weighted by atomic mass is 19.1. The van der Waals surface area contributed by atoms with Crippen LogP contribution in [-0.2, 0) is 6.54 Å². The summed E-state index contributed by atoms with van der Waals surface area (Å²) < 4.78 is 32.9. The van der Waals surface area contributed by atoms with Crippen LogP contribution in [0.2, 0.25) is 0 Å². The van der Waals surface area contributed by atoms with Gasteiger partial charge in [0.25, 0.3) is 5.91 Å². The van der Waals surface area contributed by atoms with Crippen LogP contribution < -0.4 is 10.1 Å². The normalized spacial score (nSPS) is 17.7. The number of amides is 1. The van der Waals surface area contributed by atoms with Gasteiger partial charge in [-0.2, -0.15) is 0 Å². The number of carbonyl (C=O) groups is 1. The predicted molar refractivity (Wildman–Crippen MR) is 92.9 cm³/mol. The molecule has 1 N–H and O–H groups in total. The van der Waals surface area contributed by atoms with E-state index < -0.39 is 23.1 Å². The Labute approximate surface area is 151 Å². The van der Waals surface area contributed by atoms with Crippen molar-refractivity contribution >= 4 is 5.91 Å². The Hall–Kier alpha value is -2.54. The number of nitrogens with one attached hydrogen (secondary N) is 1. The summed E-state index contributed by atoms with van der Waals surface area (Å²) in [5.74, 6) is -2.56. The Balaban J connectivity index is 1.64. The second-order valence-electron chi connectivity index (χ2n) is 6.38. The molecule has 2 heterocycles. The zero-order valence-corrected chi connectivity index (χ0v) is 14.5.